The second kappa shape index (κ2) is 5.91. The van der Waals surface area contributed by atoms with Gasteiger partial charge in [0.05, 0.1) is 5.41 Å². The summed E-state index contributed by atoms with van der Waals surface area (Å²) in [5, 5.41) is 9.65. The number of aliphatic carboxylic acids is 1. The average molecular weight is 293 g/mol. The van der Waals surface area contributed by atoms with Crippen molar-refractivity contribution >= 4 is 5.97 Å². The van der Waals surface area contributed by atoms with Crippen LogP contribution in [0, 0.1) is 10.8 Å². The van der Waals surface area contributed by atoms with Crippen LogP contribution >= 0.6 is 0 Å². The maximum Gasteiger partial charge on any atom is 0.310 e. The Kier molecular flexibility index (Phi) is 4.31. The van der Waals surface area contributed by atoms with Crippen LogP contribution in [0.1, 0.15) is 77.6 Å². The summed E-state index contributed by atoms with van der Waals surface area (Å²) in [5.41, 5.74) is 0.237. The quantitative estimate of drug-likeness (QED) is 0.849. The zero-order chi connectivity index (χ0) is 14.9. The first kappa shape index (κ1) is 15.3. The van der Waals surface area contributed by atoms with Crippen molar-refractivity contribution in [1.82, 2.24) is 4.90 Å². The van der Waals surface area contributed by atoms with E-state index < -0.39 is 11.4 Å². The van der Waals surface area contributed by atoms with Gasteiger partial charge in [0.25, 0.3) is 0 Å². The Balaban J connectivity index is 1.58. The largest absolute Gasteiger partial charge is 0.481 e. The van der Waals surface area contributed by atoms with Gasteiger partial charge >= 0.3 is 5.97 Å². The minimum absolute atomic E-state index is 0.447. The van der Waals surface area contributed by atoms with Gasteiger partial charge in [-0.1, -0.05) is 26.2 Å². The van der Waals surface area contributed by atoms with E-state index in [1.54, 1.807) is 0 Å². The number of carboxylic acids is 1. The summed E-state index contributed by atoms with van der Waals surface area (Å²) < 4.78 is 0. The molecule has 3 nitrogen and oxygen atoms in total. The highest BCUT2D eigenvalue weighted by molar-refractivity contribution is 5.75. The minimum Gasteiger partial charge on any atom is -0.481 e. The molecule has 0 aromatic rings. The maximum absolute atomic E-state index is 11.7. The second-order valence-electron chi connectivity index (χ2n) is 7.99. The number of rotatable bonds is 4. The van der Waals surface area contributed by atoms with Crippen LogP contribution in [0.5, 0.6) is 0 Å². The summed E-state index contributed by atoms with van der Waals surface area (Å²) in [6, 6.07) is 0.661. The first-order valence-electron chi connectivity index (χ1n) is 9.07. The van der Waals surface area contributed by atoms with E-state index in [0.29, 0.717) is 11.5 Å². The lowest BCUT2D eigenvalue weighted by Gasteiger charge is -2.41. The van der Waals surface area contributed by atoms with Crippen LogP contribution < -0.4 is 0 Å². The van der Waals surface area contributed by atoms with Crippen molar-refractivity contribution in [3.63, 3.8) is 0 Å². The molecule has 2 saturated carbocycles. The van der Waals surface area contributed by atoms with E-state index >= 15 is 0 Å². The van der Waals surface area contributed by atoms with Crippen molar-refractivity contribution in [2.45, 2.75) is 83.6 Å². The van der Waals surface area contributed by atoms with Gasteiger partial charge in [0, 0.05) is 12.6 Å². The van der Waals surface area contributed by atoms with E-state index in [2.05, 4.69) is 11.8 Å². The van der Waals surface area contributed by atoms with Gasteiger partial charge in [-0.3, -0.25) is 9.69 Å². The summed E-state index contributed by atoms with van der Waals surface area (Å²) >= 11 is 0. The molecule has 0 amide bonds. The van der Waals surface area contributed by atoms with Gasteiger partial charge in [0.2, 0.25) is 0 Å². The van der Waals surface area contributed by atoms with Crippen molar-refractivity contribution in [1.29, 1.82) is 0 Å². The summed E-state index contributed by atoms with van der Waals surface area (Å²) in [6.45, 7) is 3.91. The monoisotopic (exact) mass is 293 g/mol. The van der Waals surface area contributed by atoms with Crippen LogP contribution in [0.25, 0.3) is 0 Å². The summed E-state index contributed by atoms with van der Waals surface area (Å²) in [4.78, 5) is 14.2. The summed E-state index contributed by atoms with van der Waals surface area (Å²) in [6.07, 6.45) is 13.9. The van der Waals surface area contributed by atoms with Crippen molar-refractivity contribution in [2.75, 3.05) is 13.1 Å². The van der Waals surface area contributed by atoms with Gasteiger partial charge in [0.1, 0.15) is 0 Å². The molecule has 3 heteroatoms. The Hall–Kier alpha value is -0.570. The molecule has 2 aliphatic carbocycles. The van der Waals surface area contributed by atoms with Gasteiger partial charge in [-0.2, -0.15) is 0 Å². The molecule has 1 saturated heterocycles. The lowest BCUT2D eigenvalue weighted by molar-refractivity contribution is -0.148. The van der Waals surface area contributed by atoms with Gasteiger partial charge in [0.15, 0.2) is 0 Å². The van der Waals surface area contributed by atoms with Crippen molar-refractivity contribution in [2.24, 2.45) is 10.8 Å². The highest BCUT2D eigenvalue weighted by atomic mass is 16.4. The SMILES string of the molecule is CCCC1(C(=O)O)CCN(C2CCC3(CCCC3)CC2)C1. The Morgan fingerprint density at radius 3 is 2.38 bits per heavy atom. The van der Waals surface area contributed by atoms with E-state index in [1.165, 1.54) is 51.4 Å². The molecule has 1 N–H and O–H groups in total. The number of likely N-dealkylation sites (tertiary alicyclic amines) is 1. The van der Waals surface area contributed by atoms with Gasteiger partial charge in [-0.25, -0.2) is 0 Å². The first-order chi connectivity index (χ1) is 10.1. The highest BCUT2D eigenvalue weighted by Gasteiger charge is 2.47. The Morgan fingerprint density at radius 2 is 1.81 bits per heavy atom. The molecule has 0 aromatic heterocycles. The molecule has 1 heterocycles. The lowest BCUT2D eigenvalue weighted by Crippen LogP contribution is -2.42. The molecule has 1 unspecified atom stereocenters. The Labute approximate surface area is 129 Å². The molecule has 1 aliphatic heterocycles. The topological polar surface area (TPSA) is 40.5 Å². The normalized spacial score (nSPS) is 33.8. The number of nitrogens with zero attached hydrogens (tertiary/aromatic N) is 1. The fraction of sp³-hybridized carbons (Fsp3) is 0.944. The van der Waals surface area contributed by atoms with Gasteiger partial charge in [-0.05, 0) is 63.3 Å². The van der Waals surface area contributed by atoms with Gasteiger partial charge < -0.3 is 5.11 Å². The minimum atomic E-state index is -0.560. The molecule has 21 heavy (non-hydrogen) atoms. The number of carbonyl (C=O) groups is 1. The third-order valence-electron chi connectivity index (χ3n) is 6.76. The van der Waals surface area contributed by atoms with Crippen LogP contribution in [-0.4, -0.2) is 35.1 Å². The maximum atomic E-state index is 11.7. The predicted octanol–water partition coefficient (Wildman–Crippen LogP) is 4.07. The van der Waals surface area contributed by atoms with E-state index in [-0.39, 0.29) is 0 Å². The molecule has 3 rings (SSSR count). The standard InChI is InChI=1S/C18H31NO2/c1-2-7-18(16(20)21)12-13-19(14-18)15-5-10-17(11-6-15)8-3-4-9-17/h15H,2-14H2,1H3,(H,20,21). The highest BCUT2D eigenvalue weighted by Crippen LogP contribution is 2.50. The molecule has 3 aliphatic rings. The smallest absolute Gasteiger partial charge is 0.310 e. The third-order valence-corrected chi connectivity index (χ3v) is 6.76. The Morgan fingerprint density at radius 1 is 1.14 bits per heavy atom. The molecule has 3 fully saturated rings. The summed E-state index contributed by atoms with van der Waals surface area (Å²) in [7, 11) is 0. The van der Waals surface area contributed by atoms with Crippen molar-refractivity contribution < 1.29 is 9.90 Å². The fourth-order valence-corrected chi connectivity index (χ4v) is 5.39. The third kappa shape index (κ3) is 2.86. The van der Waals surface area contributed by atoms with Crippen LogP contribution in [0.2, 0.25) is 0 Å². The number of hydrogen-bond donors (Lipinski definition) is 1. The van der Waals surface area contributed by atoms with E-state index in [0.717, 1.165) is 32.4 Å². The zero-order valence-corrected chi connectivity index (χ0v) is 13.6. The zero-order valence-electron chi connectivity index (χ0n) is 13.6. The summed E-state index contributed by atoms with van der Waals surface area (Å²) in [5.74, 6) is -0.560. The van der Waals surface area contributed by atoms with Crippen LogP contribution in [-0.2, 0) is 4.79 Å². The van der Waals surface area contributed by atoms with Crippen LogP contribution in [0.4, 0.5) is 0 Å². The first-order valence-corrected chi connectivity index (χ1v) is 9.07. The van der Waals surface area contributed by atoms with Crippen molar-refractivity contribution in [3.05, 3.63) is 0 Å². The van der Waals surface area contributed by atoms with E-state index in [1.807, 2.05) is 0 Å². The molecular weight excluding hydrogens is 262 g/mol. The van der Waals surface area contributed by atoms with Crippen molar-refractivity contribution in [3.8, 4) is 0 Å². The molecule has 1 atom stereocenters. The number of hydrogen-bond acceptors (Lipinski definition) is 2. The van der Waals surface area contributed by atoms with Crippen LogP contribution in [0.15, 0.2) is 0 Å². The predicted molar refractivity (Wildman–Crippen MR) is 84.3 cm³/mol. The molecule has 1 spiro atoms. The molecule has 0 aromatic carbocycles. The van der Waals surface area contributed by atoms with E-state index in [9.17, 15) is 9.90 Å². The molecular formula is C18H31NO2. The van der Waals surface area contributed by atoms with Gasteiger partial charge in [-0.15, -0.1) is 0 Å². The lowest BCUT2D eigenvalue weighted by atomic mass is 9.71. The Bertz CT molecular complexity index is 379. The second-order valence-corrected chi connectivity index (χ2v) is 7.99. The average Bonchev–Trinajstić information content (AvgIpc) is 3.09. The molecule has 0 bridgehead atoms. The van der Waals surface area contributed by atoms with E-state index in [4.69, 9.17) is 0 Å². The molecule has 120 valence electrons. The number of carboxylic acid groups (broad SMARTS) is 1. The van der Waals surface area contributed by atoms with Crippen LogP contribution in [0.3, 0.4) is 0 Å². The molecule has 0 radical (unpaired) electrons. The fourth-order valence-electron chi connectivity index (χ4n) is 5.39.